The molecule has 0 aliphatic rings. The van der Waals surface area contributed by atoms with Crippen LogP contribution in [0.1, 0.15) is 24.5 Å². The molecule has 0 amide bonds. The number of hydrogen-bond donors (Lipinski definition) is 1. The lowest BCUT2D eigenvalue weighted by Gasteiger charge is -2.07. The van der Waals surface area contributed by atoms with Gasteiger partial charge in [-0.25, -0.2) is 0 Å². The smallest absolute Gasteiger partial charge is 0.0718 e. The standard InChI is InChI=1S/C17H29NO3/c1-3-9-18-10-8-16-4-6-17(7-5-16)15-21-14-13-20-12-11-19-2/h4-7,18H,3,8-15H2,1-2H3. The van der Waals surface area contributed by atoms with Crippen LogP contribution in [0.5, 0.6) is 0 Å². The summed E-state index contributed by atoms with van der Waals surface area (Å²) in [6.45, 7) is 7.46. The van der Waals surface area contributed by atoms with Crippen molar-refractivity contribution in [3.63, 3.8) is 0 Å². The second-order valence-corrected chi connectivity index (χ2v) is 4.97. The Labute approximate surface area is 128 Å². The van der Waals surface area contributed by atoms with E-state index in [1.165, 1.54) is 17.5 Å². The molecule has 0 aliphatic heterocycles. The van der Waals surface area contributed by atoms with Crippen molar-refractivity contribution >= 4 is 0 Å². The molecule has 0 saturated carbocycles. The lowest BCUT2D eigenvalue weighted by Crippen LogP contribution is -2.17. The second-order valence-electron chi connectivity index (χ2n) is 4.97. The molecular formula is C17H29NO3. The predicted molar refractivity (Wildman–Crippen MR) is 85.7 cm³/mol. The second kappa shape index (κ2) is 12.8. The third-order valence-electron chi connectivity index (χ3n) is 3.11. The first kappa shape index (κ1) is 18.1. The minimum Gasteiger partial charge on any atom is -0.382 e. The quantitative estimate of drug-likeness (QED) is 0.567. The number of benzene rings is 1. The fourth-order valence-electron chi connectivity index (χ4n) is 1.89. The zero-order valence-electron chi connectivity index (χ0n) is 13.4. The Bertz CT molecular complexity index is 340. The summed E-state index contributed by atoms with van der Waals surface area (Å²) in [4.78, 5) is 0. The molecule has 0 fully saturated rings. The summed E-state index contributed by atoms with van der Waals surface area (Å²) >= 11 is 0. The van der Waals surface area contributed by atoms with Crippen LogP contribution in [0, 0.1) is 0 Å². The summed E-state index contributed by atoms with van der Waals surface area (Å²) in [5.41, 5.74) is 2.57. The van der Waals surface area contributed by atoms with Crippen LogP contribution in [0.4, 0.5) is 0 Å². The summed E-state index contributed by atoms with van der Waals surface area (Å²) in [6, 6.07) is 8.64. The van der Waals surface area contributed by atoms with Crippen LogP contribution < -0.4 is 5.32 Å². The van der Waals surface area contributed by atoms with Crippen LogP contribution in [0.3, 0.4) is 0 Å². The molecule has 0 aromatic heterocycles. The van der Waals surface area contributed by atoms with Crippen LogP contribution in [0.15, 0.2) is 24.3 Å². The van der Waals surface area contributed by atoms with Gasteiger partial charge >= 0.3 is 0 Å². The Kier molecular flexibility index (Phi) is 11.0. The Morgan fingerprint density at radius 3 is 2.24 bits per heavy atom. The van der Waals surface area contributed by atoms with Crippen LogP contribution in [-0.2, 0) is 27.2 Å². The number of rotatable bonds is 13. The Hall–Kier alpha value is -0.940. The van der Waals surface area contributed by atoms with E-state index >= 15 is 0 Å². The van der Waals surface area contributed by atoms with E-state index in [-0.39, 0.29) is 0 Å². The number of hydrogen-bond acceptors (Lipinski definition) is 4. The van der Waals surface area contributed by atoms with E-state index in [2.05, 4.69) is 36.5 Å². The highest BCUT2D eigenvalue weighted by Gasteiger charge is 1.96. The van der Waals surface area contributed by atoms with Crippen LogP contribution in [0.25, 0.3) is 0 Å². The van der Waals surface area contributed by atoms with Gasteiger partial charge in [0.2, 0.25) is 0 Å². The van der Waals surface area contributed by atoms with Gasteiger partial charge in [-0.15, -0.1) is 0 Å². The molecule has 0 heterocycles. The van der Waals surface area contributed by atoms with Gasteiger partial charge in [-0.3, -0.25) is 0 Å². The lowest BCUT2D eigenvalue weighted by atomic mass is 10.1. The van der Waals surface area contributed by atoms with Crippen molar-refractivity contribution in [2.75, 3.05) is 46.6 Å². The molecule has 4 nitrogen and oxygen atoms in total. The third-order valence-corrected chi connectivity index (χ3v) is 3.11. The summed E-state index contributed by atoms with van der Waals surface area (Å²) < 4.78 is 15.8. The zero-order chi connectivity index (χ0) is 15.2. The Morgan fingerprint density at radius 2 is 1.52 bits per heavy atom. The maximum atomic E-state index is 5.57. The molecule has 1 N–H and O–H groups in total. The van der Waals surface area contributed by atoms with Gasteiger partial charge in [0.15, 0.2) is 0 Å². The monoisotopic (exact) mass is 295 g/mol. The molecule has 120 valence electrons. The molecule has 0 spiro atoms. The van der Waals surface area contributed by atoms with E-state index in [4.69, 9.17) is 14.2 Å². The van der Waals surface area contributed by atoms with Crippen LogP contribution in [0.2, 0.25) is 0 Å². The number of nitrogens with one attached hydrogen (secondary N) is 1. The maximum absolute atomic E-state index is 5.57. The van der Waals surface area contributed by atoms with Gasteiger partial charge in [0.05, 0.1) is 33.0 Å². The largest absolute Gasteiger partial charge is 0.382 e. The Balaban J connectivity index is 2.07. The highest BCUT2D eigenvalue weighted by molar-refractivity contribution is 5.22. The van der Waals surface area contributed by atoms with E-state index in [0.717, 1.165) is 19.5 Å². The third kappa shape index (κ3) is 9.58. The van der Waals surface area contributed by atoms with Crippen molar-refractivity contribution in [1.29, 1.82) is 0 Å². The highest BCUT2D eigenvalue weighted by atomic mass is 16.5. The predicted octanol–water partition coefficient (Wildman–Crippen LogP) is 2.41. The minimum absolute atomic E-state index is 0.616. The van der Waals surface area contributed by atoms with E-state index in [0.29, 0.717) is 33.0 Å². The molecule has 0 bridgehead atoms. The van der Waals surface area contributed by atoms with Crippen molar-refractivity contribution in [1.82, 2.24) is 5.32 Å². The van der Waals surface area contributed by atoms with Crippen molar-refractivity contribution in [3.8, 4) is 0 Å². The van der Waals surface area contributed by atoms with Gasteiger partial charge < -0.3 is 19.5 Å². The van der Waals surface area contributed by atoms with Gasteiger partial charge in [-0.05, 0) is 37.1 Å². The first-order chi connectivity index (χ1) is 10.4. The summed E-state index contributed by atoms with van der Waals surface area (Å²) in [5, 5.41) is 3.41. The summed E-state index contributed by atoms with van der Waals surface area (Å²) in [7, 11) is 1.67. The first-order valence-corrected chi connectivity index (χ1v) is 7.79. The van der Waals surface area contributed by atoms with Crippen molar-refractivity contribution in [2.45, 2.75) is 26.4 Å². The molecule has 0 unspecified atom stereocenters. The zero-order valence-corrected chi connectivity index (χ0v) is 13.4. The number of ether oxygens (including phenoxy) is 3. The fraction of sp³-hybridized carbons (Fsp3) is 0.647. The van der Waals surface area contributed by atoms with Gasteiger partial charge in [0.25, 0.3) is 0 Å². The molecular weight excluding hydrogens is 266 g/mol. The first-order valence-electron chi connectivity index (χ1n) is 7.79. The van der Waals surface area contributed by atoms with Gasteiger partial charge in [-0.1, -0.05) is 31.2 Å². The molecule has 0 aliphatic carbocycles. The van der Waals surface area contributed by atoms with E-state index < -0.39 is 0 Å². The Morgan fingerprint density at radius 1 is 0.857 bits per heavy atom. The average Bonchev–Trinajstić information content (AvgIpc) is 2.52. The molecule has 0 atom stereocenters. The average molecular weight is 295 g/mol. The van der Waals surface area contributed by atoms with Crippen molar-refractivity contribution < 1.29 is 14.2 Å². The van der Waals surface area contributed by atoms with Crippen molar-refractivity contribution in [3.05, 3.63) is 35.4 Å². The molecule has 4 heteroatoms. The molecule has 0 saturated heterocycles. The summed E-state index contributed by atoms with van der Waals surface area (Å²) in [5.74, 6) is 0. The van der Waals surface area contributed by atoms with Crippen molar-refractivity contribution in [2.24, 2.45) is 0 Å². The van der Waals surface area contributed by atoms with E-state index in [1.54, 1.807) is 7.11 Å². The van der Waals surface area contributed by atoms with Gasteiger partial charge in [0.1, 0.15) is 0 Å². The molecule has 1 aromatic carbocycles. The normalized spacial score (nSPS) is 11.0. The fourth-order valence-corrected chi connectivity index (χ4v) is 1.89. The molecule has 0 radical (unpaired) electrons. The molecule has 21 heavy (non-hydrogen) atoms. The van der Waals surface area contributed by atoms with E-state index in [1.807, 2.05) is 0 Å². The van der Waals surface area contributed by atoms with Crippen LogP contribution >= 0.6 is 0 Å². The van der Waals surface area contributed by atoms with Gasteiger partial charge in [-0.2, -0.15) is 0 Å². The molecule has 1 rings (SSSR count). The van der Waals surface area contributed by atoms with Crippen LogP contribution in [-0.4, -0.2) is 46.6 Å². The summed E-state index contributed by atoms with van der Waals surface area (Å²) in [6.07, 6.45) is 2.26. The number of methoxy groups -OCH3 is 1. The SMILES string of the molecule is CCCNCCc1ccc(COCCOCCOC)cc1. The molecule has 1 aromatic rings. The lowest BCUT2D eigenvalue weighted by molar-refractivity contribution is 0.0199. The van der Waals surface area contributed by atoms with Gasteiger partial charge in [0, 0.05) is 7.11 Å². The maximum Gasteiger partial charge on any atom is 0.0718 e. The highest BCUT2D eigenvalue weighted by Crippen LogP contribution is 2.06. The minimum atomic E-state index is 0.616. The topological polar surface area (TPSA) is 39.7 Å². The van der Waals surface area contributed by atoms with E-state index in [9.17, 15) is 0 Å².